The highest BCUT2D eigenvalue weighted by Crippen LogP contribution is 2.35. The van der Waals surface area contributed by atoms with Gasteiger partial charge in [0.25, 0.3) is 0 Å². The summed E-state index contributed by atoms with van der Waals surface area (Å²) in [6.45, 7) is 0.821. The van der Waals surface area contributed by atoms with Crippen molar-refractivity contribution in [3.8, 4) is 0 Å². The Hall–Kier alpha value is 0.210. The molecule has 0 aromatic rings. The standard InChI is InChI=1S/C7H13NO.ClH/c9-6-3-7(8-4-6)5-1-2-5;/h5-9H,1-4H2;1H/t6-,7-;/m1./s1. The number of rotatable bonds is 1. The van der Waals surface area contributed by atoms with Crippen LogP contribution in [0.3, 0.4) is 0 Å². The van der Waals surface area contributed by atoms with Crippen LogP contribution in [0.4, 0.5) is 0 Å². The summed E-state index contributed by atoms with van der Waals surface area (Å²) in [5.41, 5.74) is 0. The molecule has 10 heavy (non-hydrogen) atoms. The molecule has 0 aromatic carbocycles. The highest BCUT2D eigenvalue weighted by Gasteiger charge is 2.35. The SMILES string of the molecule is Cl.O[C@H]1CN[C@@H](C2CC2)C1. The molecule has 1 saturated heterocycles. The molecule has 2 fully saturated rings. The van der Waals surface area contributed by atoms with E-state index in [0.717, 1.165) is 18.9 Å². The molecule has 1 aliphatic carbocycles. The summed E-state index contributed by atoms with van der Waals surface area (Å²) in [5, 5.41) is 12.4. The van der Waals surface area contributed by atoms with E-state index < -0.39 is 0 Å². The van der Waals surface area contributed by atoms with Crippen LogP contribution in [0, 0.1) is 5.92 Å². The highest BCUT2D eigenvalue weighted by atomic mass is 35.5. The largest absolute Gasteiger partial charge is 0.392 e. The van der Waals surface area contributed by atoms with Crippen molar-refractivity contribution < 1.29 is 5.11 Å². The molecule has 2 rings (SSSR count). The van der Waals surface area contributed by atoms with Crippen LogP contribution in [0.2, 0.25) is 0 Å². The first kappa shape index (κ1) is 8.31. The molecule has 2 N–H and O–H groups in total. The van der Waals surface area contributed by atoms with Crippen LogP contribution in [-0.4, -0.2) is 23.8 Å². The molecule has 0 spiro atoms. The van der Waals surface area contributed by atoms with Crippen molar-refractivity contribution in [3.63, 3.8) is 0 Å². The summed E-state index contributed by atoms with van der Waals surface area (Å²) in [7, 11) is 0. The van der Waals surface area contributed by atoms with Gasteiger partial charge in [0.2, 0.25) is 0 Å². The van der Waals surface area contributed by atoms with Crippen LogP contribution in [0.25, 0.3) is 0 Å². The van der Waals surface area contributed by atoms with Gasteiger partial charge in [-0.1, -0.05) is 0 Å². The van der Waals surface area contributed by atoms with Gasteiger partial charge >= 0.3 is 0 Å². The molecule has 2 aliphatic rings. The number of halogens is 1. The Balaban J connectivity index is 0.000000500. The van der Waals surface area contributed by atoms with E-state index in [0.29, 0.717) is 6.04 Å². The predicted molar refractivity (Wildman–Crippen MR) is 42.4 cm³/mol. The molecule has 60 valence electrons. The third-order valence-electron chi connectivity index (χ3n) is 2.33. The molecule has 3 heteroatoms. The van der Waals surface area contributed by atoms with E-state index in [2.05, 4.69) is 5.32 Å². The fourth-order valence-corrected chi connectivity index (χ4v) is 1.60. The minimum Gasteiger partial charge on any atom is -0.392 e. The number of hydrogen-bond acceptors (Lipinski definition) is 2. The highest BCUT2D eigenvalue weighted by molar-refractivity contribution is 5.85. The fraction of sp³-hybridized carbons (Fsp3) is 1.00. The lowest BCUT2D eigenvalue weighted by Crippen LogP contribution is -2.23. The third-order valence-corrected chi connectivity index (χ3v) is 2.33. The zero-order valence-corrected chi connectivity index (χ0v) is 6.73. The van der Waals surface area contributed by atoms with Crippen LogP contribution in [0.5, 0.6) is 0 Å². The molecule has 2 atom stereocenters. The maximum atomic E-state index is 9.11. The molecule has 0 aromatic heterocycles. The Morgan fingerprint density at radius 1 is 1.30 bits per heavy atom. The predicted octanol–water partition coefficient (Wildman–Crippen LogP) is 0.541. The summed E-state index contributed by atoms with van der Waals surface area (Å²) in [4.78, 5) is 0. The van der Waals surface area contributed by atoms with E-state index in [4.69, 9.17) is 5.11 Å². The lowest BCUT2D eigenvalue weighted by Gasteiger charge is -2.05. The Kier molecular flexibility index (Phi) is 2.55. The van der Waals surface area contributed by atoms with Gasteiger partial charge in [0, 0.05) is 12.6 Å². The summed E-state index contributed by atoms with van der Waals surface area (Å²) in [6.07, 6.45) is 3.69. The Morgan fingerprint density at radius 3 is 2.40 bits per heavy atom. The van der Waals surface area contributed by atoms with Crippen LogP contribution in [0.15, 0.2) is 0 Å². The molecule has 0 amide bonds. The number of aliphatic hydroxyl groups excluding tert-OH is 1. The van der Waals surface area contributed by atoms with E-state index in [1.807, 2.05) is 0 Å². The van der Waals surface area contributed by atoms with Gasteiger partial charge < -0.3 is 10.4 Å². The van der Waals surface area contributed by atoms with Crippen molar-refractivity contribution in [2.24, 2.45) is 5.92 Å². The average Bonchev–Trinajstić information content (AvgIpc) is 2.58. The number of nitrogens with one attached hydrogen (secondary N) is 1. The second-order valence-corrected chi connectivity index (χ2v) is 3.24. The van der Waals surface area contributed by atoms with Crippen LogP contribution in [0.1, 0.15) is 19.3 Å². The zero-order chi connectivity index (χ0) is 6.27. The first-order valence-corrected chi connectivity index (χ1v) is 3.78. The van der Waals surface area contributed by atoms with Gasteiger partial charge in [-0.2, -0.15) is 0 Å². The van der Waals surface area contributed by atoms with Crippen molar-refractivity contribution in [3.05, 3.63) is 0 Å². The smallest absolute Gasteiger partial charge is 0.0679 e. The molecule has 1 saturated carbocycles. The van der Waals surface area contributed by atoms with E-state index in [-0.39, 0.29) is 18.5 Å². The summed E-state index contributed by atoms with van der Waals surface area (Å²) < 4.78 is 0. The van der Waals surface area contributed by atoms with Gasteiger partial charge in [-0.05, 0) is 25.2 Å². The van der Waals surface area contributed by atoms with Crippen LogP contribution < -0.4 is 5.32 Å². The fourth-order valence-electron chi connectivity index (χ4n) is 1.60. The topological polar surface area (TPSA) is 32.3 Å². The van der Waals surface area contributed by atoms with Crippen molar-refractivity contribution in [2.75, 3.05) is 6.54 Å². The molecule has 1 heterocycles. The first-order valence-electron chi connectivity index (χ1n) is 3.78. The van der Waals surface area contributed by atoms with E-state index in [9.17, 15) is 0 Å². The second-order valence-electron chi connectivity index (χ2n) is 3.24. The molecular weight excluding hydrogens is 150 g/mol. The van der Waals surface area contributed by atoms with Crippen LogP contribution in [-0.2, 0) is 0 Å². The van der Waals surface area contributed by atoms with Gasteiger partial charge in [0.1, 0.15) is 0 Å². The van der Waals surface area contributed by atoms with Gasteiger partial charge in [-0.25, -0.2) is 0 Å². The minimum absolute atomic E-state index is 0. The quantitative estimate of drug-likeness (QED) is 0.592. The number of β-amino-alcohol motifs (C(OH)–C–C–N with tert-alkyl or cyclic N) is 1. The summed E-state index contributed by atoms with van der Waals surface area (Å²) >= 11 is 0. The van der Waals surface area contributed by atoms with Gasteiger partial charge in [-0.3, -0.25) is 0 Å². The maximum absolute atomic E-state index is 9.11. The van der Waals surface area contributed by atoms with Crippen molar-refractivity contribution in [1.82, 2.24) is 5.32 Å². The van der Waals surface area contributed by atoms with Crippen molar-refractivity contribution >= 4 is 12.4 Å². The zero-order valence-electron chi connectivity index (χ0n) is 5.92. The molecule has 2 nitrogen and oxygen atoms in total. The molecule has 0 bridgehead atoms. The van der Waals surface area contributed by atoms with Gasteiger partial charge in [0.15, 0.2) is 0 Å². The van der Waals surface area contributed by atoms with Crippen LogP contribution >= 0.6 is 12.4 Å². The lowest BCUT2D eigenvalue weighted by molar-refractivity contribution is 0.192. The van der Waals surface area contributed by atoms with Crippen molar-refractivity contribution in [1.29, 1.82) is 0 Å². The minimum atomic E-state index is -0.0596. The van der Waals surface area contributed by atoms with Gasteiger partial charge in [-0.15, -0.1) is 12.4 Å². The Labute approximate surface area is 67.4 Å². The maximum Gasteiger partial charge on any atom is 0.0679 e. The summed E-state index contributed by atoms with van der Waals surface area (Å²) in [5.74, 6) is 0.905. The molecular formula is C7H14ClNO. The third kappa shape index (κ3) is 1.62. The normalized spacial score (nSPS) is 39.3. The molecule has 0 radical (unpaired) electrons. The number of aliphatic hydroxyl groups is 1. The molecule has 0 unspecified atom stereocenters. The lowest BCUT2D eigenvalue weighted by atomic mass is 10.1. The van der Waals surface area contributed by atoms with Gasteiger partial charge in [0.05, 0.1) is 6.10 Å². The van der Waals surface area contributed by atoms with E-state index >= 15 is 0 Å². The summed E-state index contributed by atoms with van der Waals surface area (Å²) in [6, 6.07) is 0.653. The number of hydrogen-bond donors (Lipinski definition) is 2. The molecule has 1 aliphatic heterocycles. The first-order chi connectivity index (χ1) is 4.36. The second kappa shape index (κ2) is 3.07. The monoisotopic (exact) mass is 163 g/mol. The Bertz CT molecular complexity index is 116. The van der Waals surface area contributed by atoms with E-state index in [1.54, 1.807) is 0 Å². The average molecular weight is 164 g/mol. The van der Waals surface area contributed by atoms with Crippen molar-refractivity contribution in [2.45, 2.75) is 31.4 Å². The Morgan fingerprint density at radius 2 is 2.00 bits per heavy atom. The van der Waals surface area contributed by atoms with E-state index in [1.165, 1.54) is 12.8 Å².